The third-order valence-electron chi connectivity index (χ3n) is 8.23. The maximum atomic E-state index is 15.4. The Morgan fingerprint density at radius 2 is 1.69 bits per heavy atom. The lowest BCUT2D eigenvalue weighted by atomic mass is 10.0. The molecule has 0 radical (unpaired) electrons. The maximum Gasteiger partial charge on any atom is 0.159 e. The van der Waals surface area contributed by atoms with Crippen molar-refractivity contribution in [2.45, 2.75) is 52.6 Å². The minimum absolute atomic E-state index is 0.340. The second kappa shape index (κ2) is 16.2. The third kappa shape index (κ3) is 7.74. The van der Waals surface area contributed by atoms with E-state index in [1.165, 1.54) is 43.9 Å². The quantitative estimate of drug-likeness (QED) is 0.117. The molecular formula is C38H42F2N8. The van der Waals surface area contributed by atoms with Crippen LogP contribution in [0.25, 0.3) is 55.8 Å². The largest absolute Gasteiger partial charge is 0.336 e. The van der Waals surface area contributed by atoms with Gasteiger partial charge in [-0.15, -0.1) is 5.73 Å². The lowest BCUT2D eigenvalue weighted by Crippen LogP contribution is -2.20. The van der Waals surface area contributed by atoms with Gasteiger partial charge in [0.2, 0.25) is 0 Å². The van der Waals surface area contributed by atoms with Crippen LogP contribution in [0, 0.1) is 17.6 Å². The fourth-order valence-electron chi connectivity index (χ4n) is 6.16. The van der Waals surface area contributed by atoms with Crippen LogP contribution < -0.4 is 10.6 Å². The zero-order valence-electron chi connectivity index (χ0n) is 27.8. The zero-order valence-corrected chi connectivity index (χ0v) is 27.8. The van der Waals surface area contributed by atoms with E-state index in [0.717, 1.165) is 34.5 Å². The van der Waals surface area contributed by atoms with Crippen molar-refractivity contribution in [2.75, 3.05) is 13.6 Å². The van der Waals surface area contributed by atoms with Gasteiger partial charge in [-0.2, -0.15) is 5.10 Å². The first-order valence-corrected chi connectivity index (χ1v) is 16.4. The van der Waals surface area contributed by atoms with Gasteiger partial charge in [0.1, 0.15) is 22.8 Å². The van der Waals surface area contributed by atoms with Crippen LogP contribution in [0.2, 0.25) is 0 Å². The molecule has 1 fully saturated rings. The predicted octanol–water partition coefficient (Wildman–Crippen LogP) is 8.49. The van der Waals surface area contributed by atoms with Crippen LogP contribution in [-0.2, 0) is 13.1 Å². The monoisotopic (exact) mass is 648 g/mol. The Labute approximate surface area is 279 Å². The summed E-state index contributed by atoms with van der Waals surface area (Å²) in [7, 11) is 1.82. The standard InChI is InChI=1S/C33H32F2N8.C3H4.C2H6/c1-36-14-20-8-22(11-24(34)10-20)30-32-28(6-7-39-30)40-33(41-32)31-26-12-25(27(35)13-29(26)42-43-31)23-9-21(17-38-18-23)16-37-15-19-4-2-3-5-19;1-3-2;1-2/h6-13,17-19,36-37H,2-5,14-16H2,1H3,(H,40,41)(H,42,43);1-2H2;1-2H3. The molecule has 4 heterocycles. The van der Waals surface area contributed by atoms with E-state index in [9.17, 15) is 4.39 Å². The van der Waals surface area contributed by atoms with E-state index in [2.05, 4.69) is 54.7 Å². The number of hydrogen-bond acceptors (Lipinski definition) is 6. The number of nitrogens with one attached hydrogen (secondary N) is 4. The number of fused-ring (bicyclic) bond motifs is 2. The zero-order chi connectivity index (χ0) is 34.0. The third-order valence-corrected chi connectivity index (χ3v) is 8.23. The summed E-state index contributed by atoms with van der Waals surface area (Å²) in [4.78, 5) is 17.1. The Kier molecular flexibility index (Phi) is 11.6. The molecule has 0 spiro atoms. The van der Waals surface area contributed by atoms with Crippen LogP contribution in [-0.4, -0.2) is 43.7 Å². The SMILES string of the molecule is C=C=C.CC.CNCc1cc(F)cc(-c2nccc3[nH]c(-c4n[nH]c5cc(F)c(-c6cncc(CNCC7CCCC7)c6)cc45)nc23)c1. The van der Waals surface area contributed by atoms with Gasteiger partial charge < -0.3 is 15.6 Å². The van der Waals surface area contributed by atoms with Crippen molar-refractivity contribution < 1.29 is 8.78 Å². The average molecular weight is 649 g/mol. The van der Waals surface area contributed by atoms with E-state index in [1.54, 1.807) is 18.5 Å². The number of nitrogens with zero attached hydrogens (tertiary/aromatic N) is 4. The van der Waals surface area contributed by atoms with Crippen LogP contribution in [0.5, 0.6) is 0 Å². The summed E-state index contributed by atoms with van der Waals surface area (Å²) in [6.07, 6.45) is 10.4. The number of imidazole rings is 1. The van der Waals surface area contributed by atoms with Crippen molar-refractivity contribution in [3.63, 3.8) is 0 Å². The number of H-pyrrole nitrogens is 2. The van der Waals surface area contributed by atoms with Gasteiger partial charge in [0, 0.05) is 59.8 Å². The fourth-order valence-corrected chi connectivity index (χ4v) is 6.16. The molecule has 1 saturated carbocycles. The molecule has 8 nitrogen and oxygen atoms in total. The van der Waals surface area contributed by atoms with Crippen molar-refractivity contribution >= 4 is 21.9 Å². The van der Waals surface area contributed by atoms with E-state index >= 15 is 4.39 Å². The van der Waals surface area contributed by atoms with Crippen molar-refractivity contribution in [3.8, 4) is 33.9 Å². The number of rotatable bonds is 9. The van der Waals surface area contributed by atoms with Gasteiger partial charge in [-0.25, -0.2) is 13.8 Å². The van der Waals surface area contributed by atoms with Gasteiger partial charge in [-0.3, -0.25) is 15.1 Å². The molecule has 0 amide bonds. The van der Waals surface area contributed by atoms with Crippen LogP contribution in [0.15, 0.2) is 79.9 Å². The normalized spacial score (nSPS) is 12.8. The van der Waals surface area contributed by atoms with Gasteiger partial charge >= 0.3 is 0 Å². The average Bonchev–Trinajstić information content (AvgIpc) is 3.86. The van der Waals surface area contributed by atoms with E-state index in [4.69, 9.17) is 4.98 Å². The highest BCUT2D eigenvalue weighted by Crippen LogP contribution is 2.34. The first-order valence-electron chi connectivity index (χ1n) is 16.4. The second-order valence-corrected chi connectivity index (χ2v) is 11.6. The number of halogens is 2. The molecule has 4 N–H and O–H groups in total. The number of benzene rings is 2. The van der Waals surface area contributed by atoms with Gasteiger partial charge in [0.15, 0.2) is 5.82 Å². The van der Waals surface area contributed by atoms with Crippen LogP contribution in [0.4, 0.5) is 8.78 Å². The Bertz CT molecular complexity index is 2020. The summed E-state index contributed by atoms with van der Waals surface area (Å²) < 4.78 is 29.8. The summed E-state index contributed by atoms with van der Waals surface area (Å²) >= 11 is 0. The maximum absolute atomic E-state index is 15.4. The Hall–Kier alpha value is -5.02. The molecule has 0 unspecified atom stereocenters. The van der Waals surface area contributed by atoms with Crippen LogP contribution >= 0.6 is 0 Å². The molecule has 1 aliphatic rings. The van der Waals surface area contributed by atoms with Crippen molar-refractivity contribution in [2.24, 2.45) is 5.92 Å². The van der Waals surface area contributed by atoms with Gasteiger partial charge in [-0.05, 0) is 79.9 Å². The number of aromatic nitrogens is 6. The summed E-state index contributed by atoms with van der Waals surface area (Å²) in [5.41, 5.74) is 8.84. The smallest absolute Gasteiger partial charge is 0.159 e. The lowest BCUT2D eigenvalue weighted by molar-refractivity contribution is 0.489. The predicted molar refractivity (Wildman–Crippen MR) is 190 cm³/mol. The topological polar surface area (TPSA) is 107 Å². The highest BCUT2D eigenvalue weighted by Gasteiger charge is 2.19. The highest BCUT2D eigenvalue weighted by molar-refractivity contribution is 5.97. The van der Waals surface area contributed by atoms with E-state index in [0.29, 0.717) is 58.0 Å². The minimum atomic E-state index is -0.361. The Morgan fingerprint density at radius 3 is 2.46 bits per heavy atom. The molecule has 10 heteroatoms. The molecule has 7 rings (SSSR count). The van der Waals surface area contributed by atoms with E-state index < -0.39 is 0 Å². The van der Waals surface area contributed by atoms with Crippen molar-refractivity contribution in [3.05, 3.63) is 103 Å². The Balaban J connectivity index is 0.000000855. The van der Waals surface area contributed by atoms with Crippen molar-refractivity contribution in [1.82, 2.24) is 40.8 Å². The summed E-state index contributed by atoms with van der Waals surface area (Å²) in [5.74, 6) is 0.543. The number of hydrogen-bond donors (Lipinski definition) is 4. The Morgan fingerprint density at radius 1 is 0.917 bits per heavy atom. The van der Waals surface area contributed by atoms with Gasteiger partial charge in [0.05, 0.1) is 16.7 Å². The number of pyridine rings is 2. The fraction of sp³-hybridized carbons (Fsp3) is 0.289. The van der Waals surface area contributed by atoms with Crippen LogP contribution in [0.1, 0.15) is 50.7 Å². The molecular weight excluding hydrogens is 606 g/mol. The molecule has 48 heavy (non-hydrogen) atoms. The molecule has 0 aliphatic heterocycles. The molecule has 2 aromatic carbocycles. The summed E-state index contributed by atoms with van der Waals surface area (Å²) in [6, 6.07) is 11.9. The molecule has 1 aliphatic carbocycles. The van der Waals surface area contributed by atoms with Gasteiger partial charge in [0.25, 0.3) is 0 Å². The minimum Gasteiger partial charge on any atom is -0.336 e. The molecule has 6 aromatic rings. The lowest BCUT2D eigenvalue weighted by Gasteiger charge is -2.11. The first-order chi connectivity index (χ1) is 23.5. The van der Waals surface area contributed by atoms with Gasteiger partial charge in [-0.1, -0.05) is 39.8 Å². The summed E-state index contributed by atoms with van der Waals surface area (Å²) in [5, 5.41) is 14.8. The van der Waals surface area contributed by atoms with Crippen LogP contribution in [0.3, 0.4) is 0 Å². The molecule has 4 aromatic heterocycles. The van der Waals surface area contributed by atoms with E-state index in [1.807, 2.05) is 45.3 Å². The summed E-state index contributed by atoms with van der Waals surface area (Å²) in [6.45, 7) is 12.5. The molecule has 0 saturated heterocycles. The van der Waals surface area contributed by atoms with Crippen molar-refractivity contribution in [1.29, 1.82) is 0 Å². The van der Waals surface area contributed by atoms with E-state index in [-0.39, 0.29) is 11.6 Å². The number of aromatic amines is 2. The second-order valence-electron chi connectivity index (χ2n) is 11.6. The molecule has 0 bridgehead atoms. The molecule has 248 valence electrons. The molecule has 0 atom stereocenters. The highest BCUT2D eigenvalue weighted by atomic mass is 19.1. The first kappa shape index (κ1) is 34.3.